The maximum atomic E-state index is 8.59. The second kappa shape index (κ2) is 5.77. The number of hydrogen-bond acceptors (Lipinski definition) is 2. The number of hydrogen-bond donors (Lipinski definition) is 0. The molecule has 1 aromatic carbocycles. The van der Waals surface area contributed by atoms with Crippen molar-refractivity contribution in [2.24, 2.45) is 0 Å². The van der Waals surface area contributed by atoms with E-state index in [1.807, 2.05) is 56.3 Å². The van der Waals surface area contributed by atoms with E-state index in [2.05, 4.69) is 12.1 Å². The SMILES string of the molecule is CC(=C\C#N)/C=C(\c1ccccc1)N(C)C. The number of allylic oxidation sites excluding steroid dienone is 3. The maximum absolute atomic E-state index is 8.59. The molecule has 0 aliphatic carbocycles. The third kappa shape index (κ3) is 3.29. The predicted octanol–water partition coefficient (Wildman–Crippen LogP) is 3.06. The lowest BCUT2D eigenvalue weighted by Crippen LogP contribution is -2.10. The largest absolute Gasteiger partial charge is 0.377 e. The van der Waals surface area contributed by atoms with Crippen LogP contribution in [0.2, 0.25) is 0 Å². The van der Waals surface area contributed by atoms with Gasteiger partial charge in [-0.1, -0.05) is 30.3 Å². The zero-order chi connectivity index (χ0) is 12.0. The molecule has 0 saturated heterocycles. The van der Waals surface area contributed by atoms with Gasteiger partial charge in [0, 0.05) is 25.9 Å². The molecule has 1 aromatic rings. The zero-order valence-electron chi connectivity index (χ0n) is 9.94. The van der Waals surface area contributed by atoms with E-state index in [9.17, 15) is 0 Å². The molecule has 82 valence electrons. The quantitative estimate of drug-likeness (QED) is 0.568. The number of rotatable bonds is 3. The van der Waals surface area contributed by atoms with Gasteiger partial charge in [0.1, 0.15) is 0 Å². The second-order valence-electron chi connectivity index (χ2n) is 3.81. The molecule has 0 saturated carbocycles. The summed E-state index contributed by atoms with van der Waals surface area (Å²) < 4.78 is 0. The van der Waals surface area contributed by atoms with Crippen molar-refractivity contribution in [1.82, 2.24) is 4.90 Å². The summed E-state index contributed by atoms with van der Waals surface area (Å²) in [4.78, 5) is 2.05. The molecule has 0 aliphatic rings. The van der Waals surface area contributed by atoms with Crippen LogP contribution in [0, 0.1) is 11.3 Å². The molecule has 2 nitrogen and oxygen atoms in total. The van der Waals surface area contributed by atoms with Gasteiger partial charge in [0.15, 0.2) is 0 Å². The van der Waals surface area contributed by atoms with Crippen molar-refractivity contribution >= 4 is 5.70 Å². The summed E-state index contributed by atoms with van der Waals surface area (Å²) >= 11 is 0. The molecule has 0 N–H and O–H groups in total. The average molecular weight is 212 g/mol. The summed E-state index contributed by atoms with van der Waals surface area (Å²) in [5.74, 6) is 0. The van der Waals surface area contributed by atoms with Gasteiger partial charge in [-0.15, -0.1) is 0 Å². The van der Waals surface area contributed by atoms with Crippen LogP contribution >= 0.6 is 0 Å². The summed E-state index contributed by atoms with van der Waals surface area (Å²) in [7, 11) is 4.00. The second-order valence-corrected chi connectivity index (χ2v) is 3.81. The van der Waals surface area contributed by atoms with E-state index in [1.54, 1.807) is 6.08 Å². The van der Waals surface area contributed by atoms with E-state index in [-0.39, 0.29) is 0 Å². The molecule has 0 fully saturated rings. The fourth-order valence-corrected chi connectivity index (χ4v) is 1.44. The highest BCUT2D eigenvalue weighted by Crippen LogP contribution is 2.18. The van der Waals surface area contributed by atoms with Crippen molar-refractivity contribution < 1.29 is 0 Å². The van der Waals surface area contributed by atoms with Crippen LogP contribution in [0.4, 0.5) is 0 Å². The van der Waals surface area contributed by atoms with Gasteiger partial charge in [0.05, 0.1) is 6.07 Å². The number of nitrogens with zero attached hydrogens (tertiary/aromatic N) is 2. The molecular weight excluding hydrogens is 196 g/mol. The molecule has 0 bridgehead atoms. The van der Waals surface area contributed by atoms with Crippen LogP contribution in [0.5, 0.6) is 0 Å². The van der Waals surface area contributed by atoms with Crippen molar-refractivity contribution in [2.75, 3.05) is 14.1 Å². The lowest BCUT2D eigenvalue weighted by atomic mass is 10.1. The normalized spacial score (nSPS) is 12.1. The lowest BCUT2D eigenvalue weighted by Gasteiger charge is -2.17. The Labute approximate surface area is 97.1 Å². The van der Waals surface area contributed by atoms with Crippen molar-refractivity contribution in [2.45, 2.75) is 6.92 Å². The van der Waals surface area contributed by atoms with E-state index in [0.29, 0.717) is 0 Å². The van der Waals surface area contributed by atoms with Crippen LogP contribution in [-0.4, -0.2) is 19.0 Å². The van der Waals surface area contributed by atoms with Crippen molar-refractivity contribution in [3.63, 3.8) is 0 Å². The minimum Gasteiger partial charge on any atom is -0.377 e. The standard InChI is InChI=1S/C14H16N2/c1-12(9-10-15)11-14(16(2)3)13-7-5-4-6-8-13/h4-9,11H,1-3H3/b12-9+,14-11+. The van der Waals surface area contributed by atoms with Crippen LogP contribution < -0.4 is 0 Å². The average Bonchev–Trinajstić information content (AvgIpc) is 2.27. The van der Waals surface area contributed by atoms with Gasteiger partial charge in [0.25, 0.3) is 0 Å². The molecule has 0 aromatic heterocycles. The first-order chi connectivity index (χ1) is 7.65. The molecule has 0 spiro atoms. The van der Waals surface area contributed by atoms with Crippen LogP contribution in [0.25, 0.3) is 5.70 Å². The van der Waals surface area contributed by atoms with E-state index in [0.717, 1.165) is 16.8 Å². The van der Waals surface area contributed by atoms with E-state index in [1.165, 1.54) is 0 Å². The van der Waals surface area contributed by atoms with Crippen LogP contribution in [-0.2, 0) is 0 Å². The zero-order valence-corrected chi connectivity index (χ0v) is 9.94. The highest BCUT2D eigenvalue weighted by Gasteiger charge is 2.02. The maximum Gasteiger partial charge on any atom is 0.0914 e. The van der Waals surface area contributed by atoms with Crippen LogP contribution in [0.1, 0.15) is 12.5 Å². The van der Waals surface area contributed by atoms with Gasteiger partial charge in [-0.25, -0.2) is 0 Å². The summed E-state index contributed by atoms with van der Waals surface area (Å²) in [6, 6.07) is 12.2. The minimum absolute atomic E-state index is 0.954. The number of nitriles is 1. The summed E-state index contributed by atoms with van der Waals surface area (Å²) in [5.41, 5.74) is 3.21. The molecule has 2 heteroatoms. The van der Waals surface area contributed by atoms with Crippen molar-refractivity contribution in [3.05, 3.63) is 53.6 Å². The molecular formula is C14H16N2. The van der Waals surface area contributed by atoms with Gasteiger partial charge in [-0.2, -0.15) is 5.26 Å². The highest BCUT2D eigenvalue weighted by atomic mass is 15.1. The monoisotopic (exact) mass is 212 g/mol. The van der Waals surface area contributed by atoms with Gasteiger partial charge < -0.3 is 4.90 Å². The Morgan fingerprint density at radius 1 is 1.25 bits per heavy atom. The fraction of sp³-hybridized carbons (Fsp3) is 0.214. The molecule has 1 rings (SSSR count). The van der Waals surface area contributed by atoms with Crippen LogP contribution in [0.3, 0.4) is 0 Å². The first-order valence-corrected chi connectivity index (χ1v) is 5.16. The molecule has 0 amide bonds. The summed E-state index contributed by atoms with van der Waals surface area (Å²) in [6.07, 6.45) is 3.56. The third-order valence-corrected chi connectivity index (χ3v) is 2.21. The third-order valence-electron chi connectivity index (χ3n) is 2.21. The van der Waals surface area contributed by atoms with Gasteiger partial charge in [0.2, 0.25) is 0 Å². The Balaban J connectivity index is 3.12. The predicted molar refractivity (Wildman–Crippen MR) is 67.5 cm³/mol. The number of benzene rings is 1. The molecule has 0 atom stereocenters. The van der Waals surface area contributed by atoms with Gasteiger partial charge >= 0.3 is 0 Å². The summed E-state index contributed by atoms with van der Waals surface area (Å²) in [5, 5.41) is 8.59. The summed E-state index contributed by atoms with van der Waals surface area (Å²) in [6.45, 7) is 1.93. The fourth-order valence-electron chi connectivity index (χ4n) is 1.44. The van der Waals surface area contributed by atoms with Crippen molar-refractivity contribution in [1.29, 1.82) is 5.26 Å². The minimum atomic E-state index is 0.954. The highest BCUT2D eigenvalue weighted by molar-refractivity contribution is 5.66. The topological polar surface area (TPSA) is 27.0 Å². The van der Waals surface area contributed by atoms with E-state index >= 15 is 0 Å². The Bertz CT molecular complexity index is 434. The molecule has 0 aliphatic heterocycles. The lowest BCUT2D eigenvalue weighted by molar-refractivity contribution is 0.591. The first kappa shape index (κ1) is 12.1. The first-order valence-electron chi connectivity index (χ1n) is 5.16. The van der Waals surface area contributed by atoms with Crippen LogP contribution in [0.15, 0.2) is 48.1 Å². The Morgan fingerprint density at radius 3 is 2.38 bits per heavy atom. The molecule has 0 radical (unpaired) electrons. The molecule has 0 unspecified atom stereocenters. The Kier molecular flexibility index (Phi) is 4.35. The van der Waals surface area contributed by atoms with Gasteiger partial charge in [-0.3, -0.25) is 0 Å². The van der Waals surface area contributed by atoms with E-state index < -0.39 is 0 Å². The Morgan fingerprint density at radius 2 is 1.88 bits per heavy atom. The Hall–Kier alpha value is -2.01. The smallest absolute Gasteiger partial charge is 0.0914 e. The van der Waals surface area contributed by atoms with Gasteiger partial charge in [-0.05, 0) is 24.1 Å². The molecule has 16 heavy (non-hydrogen) atoms. The van der Waals surface area contributed by atoms with Crippen molar-refractivity contribution in [3.8, 4) is 6.07 Å². The van der Waals surface area contributed by atoms with E-state index in [4.69, 9.17) is 5.26 Å². The molecule has 0 heterocycles.